The van der Waals surface area contributed by atoms with Crippen molar-refractivity contribution in [2.75, 3.05) is 11.9 Å². The van der Waals surface area contributed by atoms with Crippen molar-refractivity contribution >= 4 is 11.7 Å². The second-order valence-corrected chi connectivity index (χ2v) is 6.71. The van der Waals surface area contributed by atoms with E-state index >= 15 is 0 Å². The number of hydrogen-bond acceptors (Lipinski definition) is 3. The molecule has 2 unspecified atom stereocenters. The van der Waals surface area contributed by atoms with Crippen molar-refractivity contribution < 1.29 is 15.0 Å². The molecule has 4 heteroatoms. The maximum atomic E-state index is 10.9. The van der Waals surface area contributed by atoms with Crippen LogP contribution in [0, 0.1) is 5.92 Å². The average Bonchev–Trinajstić information content (AvgIpc) is 2.60. The summed E-state index contributed by atoms with van der Waals surface area (Å²) in [5.41, 5.74) is 3.17. The van der Waals surface area contributed by atoms with Crippen molar-refractivity contribution in [3.05, 3.63) is 59.7 Å². The Bertz CT molecular complexity index is 685. The number of phenolic OH excluding ortho intramolecular Hbond substituents is 1. The standard InChI is InChI=1S/C21H27NO3/c1-15(7-6-10-17-8-4-3-5-9-17)18-11-19(13-20(23)12-18)22-14-16(2)21(24)25/h3-5,8-9,11-13,15-16,22-23H,6-7,10,14H2,1-2H3,(H,24,25). The van der Waals surface area contributed by atoms with E-state index in [4.69, 9.17) is 5.11 Å². The number of aromatic hydroxyl groups is 1. The second kappa shape index (κ2) is 9.11. The van der Waals surface area contributed by atoms with Gasteiger partial charge in [-0.2, -0.15) is 0 Å². The van der Waals surface area contributed by atoms with Crippen molar-refractivity contribution in [1.82, 2.24) is 0 Å². The van der Waals surface area contributed by atoms with Crippen molar-refractivity contribution in [2.24, 2.45) is 5.92 Å². The van der Waals surface area contributed by atoms with Gasteiger partial charge in [0, 0.05) is 18.3 Å². The number of anilines is 1. The largest absolute Gasteiger partial charge is 0.508 e. The molecular formula is C21H27NO3. The van der Waals surface area contributed by atoms with E-state index in [1.807, 2.05) is 12.1 Å². The quantitative estimate of drug-likeness (QED) is 0.621. The van der Waals surface area contributed by atoms with E-state index in [2.05, 4.69) is 36.5 Å². The van der Waals surface area contributed by atoms with E-state index in [1.165, 1.54) is 5.56 Å². The molecule has 0 radical (unpaired) electrons. The molecule has 0 amide bonds. The molecule has 0 fully saturated rings. The number of carbonyl (C=O) groups is 1. The van der Waals surface area contributed by atoms with Gasteiger partial charge in [0.1, 0.15) is 5.75 Å². The fraction of sp³-hybridized carbons (Fsp3) is 0.381. The van der Waals surface area contributed by atoms with Gasteiger partial charge >= 0.3 is 5.97 Å². The maximum absolute atomic E-state index is 10.9. The molecule has 2 aromatic carbocycles. The lowest BCUT2D eigenvalue weighted by atomic mass is 9.93. The predicted molar refractivity (Wildman–Crippen MR) is 101 cm³/mol. The van der Waals surface area contributed by atoms with Crippen LogP contribution >= 0.6 is 0 Å². The summed E-state index contributed by atoms with van der Waals surface area (Å²) in [4.78, 5) is 10.9. The average molecular weight is 341 g/mol. The van der Waals surface area contributed by atoms with Crippen LogP contribution in [0.3, 0.4) is 0 Å². The summed E-state index contributed by atoms with van der Waals surface area (Å²) in [7, 11) is 0. The summed E-state index contributed by atoms with van der Waals surface area (Å²) in [6, 6.07) is 15.9. The van der Waals surface area contributed by atoms with Gasteiger partial charge in [-0.3, -0.25) is 4.79 Å². The summed E-state index contributed by atoms with van der Waals surface area (Å²) < 4.78 is 0. The Hall–Kier alpha value is -2.49. The molecule has 0 aliphatic rings. The van der Waals surface area contributed by atoms with Gasteiger partial charge in [-0.1, -0.05) is 44.2 Å². The zero-order valence-electron chi connectivity index (χ0n) is 14.9. The smallest absolute Gasteiger partial charge is 0.308 e. The van der Waals surface area contributed by atoms with Crippen LogP contribution in [0.4, 0.5) is 5.69 Å². The van der Waals surface area contributed by atoms with E-state index in [9.17, 15) is 9.90 Å². The number of aliphatic carboxylic acids is 1. The monoisotopic (exact) mass is 341 g/mol. The van der Waals surface area contributed by atoms with Crippen LogP contribution in [0.5, 0.6) is 5.75 Å². The van der Waals surface area contributed by atoms with E-state index in [0.717, 1.165) is 30.5 Å². The highest BCUT2D eigenvalue weighted by Gasteiger charge is 2.12. The fourth-order valence-corrected chi connectivity index (χ4v) is 2.80. The number of nitrogens with one attached hydrogen (secondary N) is 1. The third-order valence-electron chi connectivity index (χ3n) is 4.49. The molecule has 3 N–H and O–H groups in total. The predicted octanol–water partition coefficient (Wildman–Crippen LogP) is 4.65. The number of benzene rings is 2. The lowest BCUT2D eigenvalue weighted by Gasteiger charge is -2.16. The van der Waals surface area contributed by atoms with Crippen LogP contribution in [0.1, 0.15) is 43.7 Å². The summed E-state index contributed by atoms with van der Waals surface area (Å²) in [5.74, 6) is -0.776. The van der Waals surface area contributed by atoms with Crippen molar-refractivity contribution in [1.29, 1.82) is 0 Å². The van der Waals surface area contributed by atoms with Crippen molar-refractivity contribution in [2.45, 2.75) is 39.0 Å². The molecule has 0 aliphatic carbocycles. The summed E-state index contributed by atoms with van der Waals surface area (Å²) >= 11 is 0. The normalized spacial score (nSPS) is 13.2. The van der Waals surface area contributed by atoms with E-state index in [-0.39, 0.29) is 5.75 Å². The first-order valence-electron chi connectivity index (χ1n) is 8.80. The first kappa shape index (κ1) is 18.8. The maximum Gasteiger partial charge on any atom is 0.308 e. The molecule has 0 bridgehead atoms. The molecular weight excluding hydrogens is 314 g/mol. The lowest BCUT2D eigenvalue weighted by Crippen LogP contribution is -2.19. The highest BCUT2D eigenvalue weighted by molar-refractivity contribution is 5.70. The molecule has 0 aliphatic heterocycles. The Morgan fingerprint density at radius 3 is 2.52 bits per heavy atom. The van der Waals surface area contributed by atoms with Crippen LogP contribution in [0.2, 0.25) is 0 Å². The van der Waals surface area contributed by atoms with Gasteiger partial charge < -0.3 is 15.5 Å². The zero-order valence-corrected chi connectivity index (χ0v) is 14.9. The molecule has 2 aromatic rings. The Labute approximate surface area is 149 Å². The first-order chi connectivity index (χ1) is 12.0. The van der Waals surface area contributed by atoms with Crippen molar-refractivity contribution in [3.8, 4) is 5.75 Å². The van der Waals surface area contributed by atoms with Crippen LogP contribution in [-0.2, 0) is 11.2 Å². The Morgan fingerprint density at radius 1 is 1.12 bits per heavy atom. The molecule has 134 valence electrons. The number of carboxylic acids is 1. The van der Waals surface area contributed by atoms with E-state index < -0.39 is 11.9 Å². The highest BCUT2D eigenvalue weighted by Crippen LogP contribution is 2.28. The molecule has 25 heavy (non-hydrogen) atoms. The molecule has 0 aromatic heterocycles. The fourth-order valence-electron chi connectivity index (χ4n) is 2.80. The van der Waals surface area contributed by atoms with Gasteiger partial charge in [0.2, 0.25) is 0 Å². The summed E-state index contributed by atoms with van der Waals surface area (Å²) in [6.45, 7) is 4.15. The molecule has 0 spiro atoms. The molecule has 0 heterocycles. The minimum atomic E-state index is -0.831. The van der Waals surface area contributed by atoms with Gasteiger partial charge in [0.25, 0.3) is 0 Å². The third-order valence-corrected chi connectivity index (χ3v) is 4.49. The lowest BCUT2D eigenvalue weighted by molar-refractivity contribution is -0.140. The first-order valence-corrected chi connectivity index (χ1v) is 8.80. The topological polar surface area (TPSA) is 69.6 Å². The third kappa shape index (κ3) is 6.14. The van der Waals surface area contributed by atoms with Crippen LogP contribution in [-0.4, -0.2) is 22.7 Å². The van der Waals surface area contributed by atoms with Gasteiger partial charge in [-0.25, -0.2) is 0 Å². The SMILES string of the molecule is CC(CNc1cc(O)cc(C(C)CCCc2ccccc2)c1)C(=O)O. The van der Waals surface area contributed by atoms with Gasteiger partial charge in [0.15, 0.2) is 0 Å². The number of rotatable bonds is 9. The van der Waals surface area contributed by atoms with E-state index in [1.54, 1.807) is 19.1 Å². The Balaban J connectivity index is 1.92. The number of hydrogen-bond donors (Lipinski definition) is 3. The molecule has 0 saturated carbocycles. The van der Waals surface area contributed by atoms with Crippen LogP contribution < -0.4 is 5.32 Å². The van der Waals surface area contributed by atoms with Gasteiger partial charge in [-0.15, -0.1) is 0 Å². The van der Waals surface area contributed by atoms with Crippen LogP contribution in [0.15, 0.2) is 48.5 Å². The minimum absolute atomic E-state index is 0.206. The highest BCUT2D eigenvalue weighted by atomic mass is 16.4. The Kier molecular flexibility index (Phi) is 6.87. The van der Waals surface area contributed by atoms with Gasteiger partial charge in [0.05, 0.1) is 5.92 Å². The second-order valence-electron chi connectivity index (χ2n) is 6.71. The number of phenols is 1. The van der Waals surface area contributed by atoms with E-state index in [0.29, 0.717) is 12.5 Å². The molecule has 2 atom stereocenters. The Morgan fingerprint density at radius 2 is 1.84 bits per heavy atom. The number of aryl methyl sites for hydroxylation is 1. The molecule has 0 saturated heterocycles. The van der Waals surface area contributed by atoms with Crippen molar-refractivity contribution in [3.63, 3.8) is 0 Å². The molecule has 4 nitrogen and oxygen atoms in total. The summed E-state index contributed by atoms with van der Waals surface area (Å²) in [6.07, 6.45) is 3.16. The minimum Gasteiger partial charge on any atom is -0.508 e. The zero-order chi connectivity index (χ0) is 18.2. The van der Waals surface area contributed by atoms with Gasteiger partial charge in [-0.05, 0) is 48.4 Å². The van der Waals surface area contributed by atoms with Crippen LogP contribution in [0.25, 0.3) is 0 Å². The summed E-state index contributed by atoms with van der Waals surface area (Å²) in [5, 5.41) is 22.0. The molecule has 2 rings (SSSR count). The number of carboxylic acid groups (broad SMARTS) is 1.